The molecule has 1 rings (SSSR count). The molecule has 0 unspecified atom stereocenters. The van der Waals surface area contributed by atoms with Crippen molar-refractivity contribution < 1.29 is 4.70 Å². The molecule has 58 valence electrons. The highest BCUT2D eigenvalue weighted by Crippen LogP contribution is 2.24. The Morgan fingerprint density at radius 1 is 1.45 bits per heavy atom. The smallest absolute Gasteiger partial charge is 0.389 e. The fourth-order valence-electron chi connectivity index (χ4n) is 0.704. The van der Waals surface area contributed by atoms with Crippen LogP contribution in [0.1, 0.15) is 5.56 Å². The highest BCUT2D eigenvalue weighted by Gasteiger charge is 2.10. The van der Waals surface area contributed by atoms with Gasteiger partial charge in [-0.2, -0.15) is 0 Å². The molecule has 0 radical (unpaired) electrons. The Balaban J connectivity index is 0.000001000. The number of rotatable bonds is 0. The lowest BCUT2D eigenvalue weighted by molar-refractivity contribution is -0.00000223. The highest BCUT2D eigenvalue weighted by atomic mass is 35.5. The Labute approximate surface area is 68.8 Å². The Hall–Kier alpha value is -1.14. The lowest BCUT2D eigenvalue weighted by atomic mass is 10.2. The first-order valence-electron chi connectivity index (χ1n) is 2.86. The minimum absolute atomic E-state index is 0. The molecule has 0 fully saturated rings. The molecule has 2 nitrogen and oxygen atoms in total. The van der Waals surface area contributed by atoms with E-state index in [0.29, 0.717) is 10.7 Å². The van der Waals surface area contributed by atoms with Crippen LogP contribution < -0.4 is 4.70 Å². The molecule has 0 N–H and O–H groups in total. The van der Waals surface area contributed by atoms with Crippen molar-refractivity contribution in [1.82, 2.24) is 0 Å². The zero-order chi connectivity index (χ0) is 7.56. The van der Waals surface area contributed by atoms with Crippen LogP contribution in [0, 0.1) is 12.3 Å². The largest absolute Gasteiger partial charge is 1.00 e. The summed E-state index contributed by atoms with van der Waals surface area (Å²) in [6, 6.07) is 5.19. The van der Waals surface area contributed by atoms with Crippen LogP contribution in [0.5, 0.6) is 0 Å². The highest BCUT2D eigenvalue weighted by molar-refractivity contribution is 6.31. The van der Waals surface area contributed by atoms with Crippen molar-refractivity contribution in [3.63, 3.8) is 0 Å². The molecule has 0 amide bonds. The van der Waals surface area contributed by atoms with Crippen LogP contribution >= 0.6 is 11.6 Å². The second kappa shape index (κ2) is 3.89. The maximum Gasteiger partial charge on any atom is 0.389 e. The zero-order valence-corrected chi connectivity index (χ0v) is 6.64. The van der Waals surface area contributed by atoms with Crippen molar-refractivity contribution in [2.45, 2.75) is 6.92 Å². The SMILES string of the molecule is Cc1c(Cl)cccc1[N+]#N.[F-]. The standard InChI is InChI=1S/C7H6ClN2.FH/c1-5-6(8)3-2-4-7(5)10-9;/h2-4H,1H3;1H/q+1;/p-1. The van der Waals surface area contributed by atoms with Crippen LogP contribution in [0.15, 0.2) is 18.2 Å². The van der Waals surface area contributed by atoms with E-state index >= 15 is 0 Å². The average Bonchev–Trinajstić information content (AvgIpc) is 1.95. The van der Waals surface area contributed by atoms with Gasteiger partial charge in [0.25, 0.3) is 0 Å². The van der Waals surface area contributed by atoms with E-state index in [1.54, 1.807) is 25.1 Å². The predicted molar refractivity (Wildman–Crippen MR) is 40.9 cm³/mol. The Morgan fingerprint density at radius 3 is 2.55 bits per heavy atom. The van der Waals surface area contributed by atoms with Gasteiger partial charge in [0.1, 0.15) is 0 Å². The molecule has 4 heteroatoms. The maximum atomic E-state index is 8.41. The summed E-state index contributed by atoms with van der Waals surface area (Å²) < 4.78 is 0. The summed E-state index contributed by atoms with van der Waals surface area (Å²) in [5, 5.41) is 9.03. The predicted octanol–water partition coefficient (Wildman–Crippen LogP) is 0.137. The van der Waals surface area contributed by atoms with E-state index in [0.717, 1.165) is 5.56 Å². The van der Waals surface area contributed by atoms with Gasteiger partial charge in [-0.05, 0) is 13.0 Å². The van der Waals surface area contributed by atoms with Gasteiger partial charge in [0.2, 0.25) is 5.39 Å². The molecule has 0 aliphatic carbocycles. The molecular formula is C7H6ClFN2. The quantitative estimate of drug-likeness (QED) is 0.512. The van der Waals surface area contributed by atoms with Crippen LogP contribution in [0.2, 0.25) is 5.02 Å². The molecule has 0 atom stereocenters. The van der Waals surface area contributed by atoms with E-state index in [1.807, 2.05) is 0 Å². The van der Waals surface area contributed by atoms with E-state index in [4.69, 9.17) is 17.0 Å². The summed E-state index contributed by atoms with van der Waals surface area (Å²) in [6.45, 7) is 1.80. The molecule has 0 aliphatic heterocycles. The normalized spacial score (nSPS) is 8.09. The van der Waals surface area contributed by atoms with Gasteiger partial charge in [-0.15, -0.1) is 0 Å². The molecule has 0 aliphatic rings. The average molecular weight is 173 g/mol. The number of halogens is 2. The van der Waals surface area contributed by atoms with Gasteiger partial charge in [-0.3, -0.25) is 0 Å². The monoisotopic (exact) mass is 172 g/mol. The van der Waals surface area contributed by atoms with E-state index in [1.165, 1.54) is 0 Å². The first kappa shape index (κ1) is 9.86. The van der Waals surface area contributed by atoms with Crippen molar-refractivity contribution in [3.8, 4) is 0 Å². The third-order valence-corrected chi connectivity index (χ3v) is 1.76. The second-order valence-electron chi connectivity index (χ2n) is 1.98. The van der Waals surface area contributed by atoms with E-state index in [-0.39, 0.29) is 4.70 Å². The summed E-state index contributed by atoms with van der Waals surface area (Å²) in [6.07, 6.45) is 0. The number of hydrogen-bond acceptors (Lipinski definition) is 1. The summed E-state index contributed by atoms with van der Waals surface area (Å²) in [4.78, 5) is 3.05. The molecule has 0 bridgehead atoms. The minimum atomic E-state index is 0. The lowest BCUT2D eigenvalue weighted by Gasteiger charge is -1.88. The number of diazo groups is 1. The first-order valence-corrected chi connectivity index (χ1v) is 3.23. The third kappa shape index (κ3) is 1.89. The second-order valence-corrected chi connectivity index (χ2v) is 2.39. The lowest BCUT2D eigenvalue weighted by Crippen LogP contribution is -3.00. The fourth-order valence-corrected chi connectivity index (χ4v) is 0.874. The first-order chi connectivity index (χ1) is 4.75. The van der Waals surface area contributed by atoms with Gasteiger partial charge < -0.3 is 4.70 Å². The molecule has 0 saturated heterocycles. The van der Waals surface area contributed by atoms with Crippen molar-refractivity contribution in [3.05, 3.63) is 33.8 Å². The van der Waals surface area contributed by atoms with Gasteiger partial charge in [0.05, 0.1) is 10.6 Å². The van der Waals surface area contributed by atoms with Crippen molar-refractivity contribution in [2.75, 3.05) is 0 Å². The van der Waals surface area contributed by atoms with Gasteiger partial charge in [0.15, 0.2) is 4.98 Å². The molecule has 1 aromatic rings. The molecule has 0 spiro atoms. The topological polar surface area (TPSA) is 28.1 Å². The van der Waals surface area contributed by atoms with Gasteiger partial charge >= 0.3 is 5.69 Å². The van der Waals surface area contributed by atoms with Crippen LogP contribution in [-0.2, 0) is 0 Å². The van der Waals surface area contributed by atoms with Gasteiger partial charge in [0, 0.05) is 6.07 Å². The summed E-state index contributed by atoms with van der Waals surface area (Å²) in [7, 11) is 0. The summed E-state index contributed by atoms with van der Waals surface area (Å²) >= 11 is 5.72. The van der Waals surface area contributed by atoms with Gasteiger partial charge in [-0.1, -0.05) is 17.7 Å². The molecule has 1 aromatic carbocycles. The summed E-state index contributed by atoms with van der Waals surface area (Å²) in [5.74, 6) is 0. The van der Waals surface area contributed by atoms with Crippen LogP contribution in [0.3, 0.4) is 0 Å². The van der Waals surface area contributed by atoms with Crippen molar-refractivity contribution >= 4 is 17.3 Å². The molecule has 0 heterocycles. The van der Waals surface area contributed by atoms with Crippen molar-refractivity contribution in [2.24, 2.45) is 0 Å². The number of benzene rings is 1. The Bertz CT molecular complexity index is 293. The minimum Gasteiger partial charge on any atom is -1.00 e. The zero-order valence-electron chi connectivity index (χ0n) is 5.88. The Kier molecular flexibility index (Phi) is 3.49. The van der Waals surface area contributed by atoms with Crippen LogP contribution in [-0.4, -0.2) is 0 Å². The maximum absolute atomic E-state index is 8.41. The number of nitrogens with zero attached hydrogens (tertiary/aromatic N) is 2. The van der Waals surface area contributed by atoms with Gasteiger partial charge in [-0.25, -0.2) is 0 Å². The fraction of sp³-hybridized carbons (Fsp3) is 0.143. The molecule has 11 heavy (non-hydrogen) atoms. The van der Waals surface area contributed by atoms with Crippen LogP contribution in [0.25, 0.3) is 4.98 Å². The van der Waals surface area contributed by atoms with E-state index in [2.05, 4.69) is 4.98 Å². The van der Waals surface area contributed by atoms with Crippen LogP contribution in [0.4, 0.5) is 5.69 Å². The third-order valence-electron chi connectivity index (χ3n) is 1.35. The summed E-state index contributed by atoms with van der Waals surface area (Å²) in [5.41, 5.74) is 1.32. The van der Waals surface area contributed by atoms with E-state index < -0.39 is 0 Å². The number of hydrogen-bond donors (Lipinski definition) is 0. The molecule has 0 saturated carbocycles. The van der Waals surface area contributed by atoms with Crippen molar-refractivity contribution in [1.29, 1.82) is 5.39 Å². The molecular weight excluding hydrogens is 167 g/mol. The molecule has 0 aromatic heterocycles. The Morgan fingerprint density at radius 2 is 2.09 bits per heavy atom. The van der Waals surface area contributed by atoms with E-state index in [9.17, 15) is 0 Å².